The molecule has 0 saturated carbocycles. The van der Waals surface area contributed by atoms with Crippen LogP contribution in [-0.4, -0.2) is 12.3 Å². The van der Waals surface area contributed by atoms with Gasteiger partial charge in [-0.1, -0.05) is 13.8 Å². The van der Waals surface area contributed by atoms with E-state index in [1.54, 1.807) is 6.21 Å². The molecule has 0 aromatic rings. The van der Waals surface area contributed by atoms with Crippen molar-refractivity contribution in [2.24, 2.45) is 16.6 Å². The molecule has 0 aliphatic carbocycles. The normalized spacial score (nSPS) is 22.9. The second kappa shape index (κ2) is 2.75. The highest BCUT2D eigenvalue weighted by Crippen LogP contribution is 2.20. The molecule has 3 nitrogen and oxygen atoms in total. The lowest BCUT2D eigenvalue weighted by Crippen LogP contribution is -2.19. The molecular formula is C8H11N3. The van der Waals surface area contributed by atoms with Crippen molar-refractivity contribution in [3.63, 3.8) is 0 Å². The molecule has 3 heteroatoms. The van der Waals surface area contributed by atoms with E-state index in [-0.39, 0.29) is 6.04 Å². The molecule has 0 bridgehead atoms. The van der Waals surface area contributed by atoms with Gasteiger partial charge >= 0.3 is 0 Å². The molecule has 0 spiro atoms. The highest BCUT2D eigenvalue weighted by atomic mass is 14.9. The number of aliphatic imine (C=N–C) groups is 1. The average molecular weight is 149 g/mol. The molecule has 0 radical (unpaired) electrons. The van der Waals surface area contributed by atoms with Gasteiger partial charge in [0.05, 0.1) is 12.6 Å². The highest BCUT2D eigenvalue weighted by Gasteiger charge is 2.21. The Bertz CT molecular complexity index is 255. The van der Waals surface area contributed by atoms with Crippen molar-refractivity contribution in [1.82, 2.24) is 0 Å². The molecule has 0 saturated heterocycles. The number of hydrogen-bond acceptors (Lipinski definition) is 2. The van der Waals surface area contributed by atoms with Gasteiger partial charge in [-0.3, -0.25) is 4.99 Å². The smallest absolute Gasteiger partial charge is 0.224 e. The fourth-order valence-corrected chi connectivity index (χ4v) is 1.08. The predicted molar refractivity (Wildman–Crippen MR) is 44.9 cm³/mol. The average Bonchev–Trinajstić information content (AvgIpc) is 2.30. The van der Waals surface area contributed by atoms with Crippen LogP contribution in [0.5, 0.6) is 0 Å². The van der Waals surface area contributed by atoms with Crippen LogP contribution in [0.1, 0.15) is 13.8 Å². The van der Waals surface area contributed by atoms with E-state index in [1.165, 1.54) is 0 Å². The van der Waals surface area contributed by atoms with Crippen LogP contribution in [0.25, 0.3) is 4.85 Å². The van der Waals surface area contributed by atoms with Crippen molar-refractivity contribution < 1.29 is 0 Å². The summed E-state index contributed by atoms with van der Waals surface area (Å²) in [7, 11) is 0. The quantitative estimate of drug-likeness (QED) is 0.559. The van der Waals surface area contributed by atoms with E-state index in [9.17, 15) is 0 Å². The van der Waals surface area contributed by atoms with Crippen molar-refractivity contribution in [2.45, 2.75) is 19.9 Å². The topological polar surface area (TPSA) is 42.7 Å². The first kappa shape index (κ1) is 7.80. The van der Waals surface area contributed by atoms with Crippen LogP contribution < -0.4 is 5.73 Å². The van der Waals surface area contributed by atoms with Crippen LogP contribution in [-0.2, 0) is 0 Å². The summed E-state index contributed by atoms with van der Waals surface area (Å²) in [5, 5.41) is 0. The summed E-state index contributed by atoms with van der Waals surface area (Å²) < 4.78 is 0. The zero-order chi connectivity index (χ0) is 8.43. The first-order valence-corrected chi connectivity index (χ1v) is 3.57. The van der Waals surface area contributed by atoms with Crippen molar-refractivity contribution >= 4 is 6.21 Å². The fourth-order valence-electron chi connectivity index (χ4n) is 1.08. The number of nitrogens with zero attached hydrogens (tertiary/aromatic N) is 2. The minimum Gasteiger partial charge on any atom is -0.409 e. The lowest BCUT2D eigenvalue weighted by atomic mass is 10.0. The zero-order valence-corrected chi connectivity index (χ0v) is 6.70. The Labute approximate surface area is 66.4 Å². The molecule has 0 aromatic heterocycles. The van der Waals surface area contributed by atoms with Crippen molar-refractivity contribution in [1.29, 1.82) is 0 Å². The summed E-state index contributed by atoms with van der Waals surface area (Å²) >= 11 is 0. The Hall–Kier alpha value is -1.30. The summed E-state index contributed by atoms with van der Waals surface area (Å²) in [5.74, 6) is 0.380. The third-order valence-electron chi connectivity index (χ3n) is 1.72. The fraction of sp³-hybridized carbons (Fsp3) is 0.500. The first-order chi connectivity index (χ1) is 5.16. The maximum atomic E-state index is 6.76. The molecule has 1 unspecified atom stereocenters. The van der Waals surface area contributed by atoms with Crippen LogP contribution in [0.2, 0.25) is 0 Å². The number of rotatable bonds is 1. The Morgan fingerprint density at radius 1 is 1.73 bits per heavy atom. The SMILES string of the molecule is [C-]#[N+]C1=C(N)C(C(C)C)N=C1. The largest absolute Gasteiger partial charge is 0.409 e. The predicted octanol–water partition coefficient (Wildman–Crippen LogP) is 1.18. The Morgan fingerprint density at radius 3 is 2.64 bits per heavy atom. The van der Waals surface area contributed by atoms with Crippen LogP contribution in [0.15, 0.2) is 16.4 Å². The zero-order valence-electron chi connectivity index (χ0n) is 6.70. The molecule has 2 N–H and O–H groups in total. The summed E-state index contributed by atoms with van der Waals surface area (Å²) in [6.07, 6.45) is 1.56. The van der Waals surface area contributed by atoms with Crippen LogP contribution in [0.3, 0.4) is 0 Å². The van der Waals surface area contributed by atoms with Gasteiger partial charge in [0, 0.05) is 11.9 Å². The van der Waals surface area contributed by atoms with Gasteiger partial charge in [0.25, 0.3) is 0 Å². The maximum Gasteiger partial charge on any atom is 0.224 e. The molecule has 1 atom stereocenters. The minimum atomic E-state index is 0.0269. The second-order valence-corrected chi connectivity index (χ2v) is 2.92. The van der Waals surface area contributed by atoms with Gasteiger partial charge in [0.15, 0.2) is 0 Å². The molecule has 11 heavy (non-hydrogen) atoms. The molecule has 1 aliphatic rings. The van der Waals surface area contributed by atoms with Crippen molar-refractivity contribution in [3.8, 4) is 0 Å². The Balaban J connectivity index is 2.89. The van der Waals surface area contributed by atoms with Crippen molar-refractivity contribution in [3.05, 3.63) is 22.8 Å². The monoisotopic (exact) mass is 149 g/mol. The third kappa shape index (κ3) is 1.25. The number of nitrogens with two attached hydrogens (primary N) is 1. The lowest BCUT2D eigenvalue weighted by molar-refractivity contribution is 0.554. The van der Waals surface area contributed by atoms with Gasteiger partial charge < -0.3 is 5.73 Å². The van der Waals surface area contributed by atoms with Gasteiger partial charge in [-0.25, -0.2) is 4.85 Å². The summed E-state index contributed by atoms with van der Waals surface area (Å²) in [5.41, 5.74) is 6.80. The third-order valence-corrected chi connectivity index (χ3v) is 1.72. The van der Waals surface area contributed by atoms with Crippen LogP contribution in [0.4, 0.5) is 0 Å². The lowest BCUT2D eigenvalue weighted by Gasteiger charge is -2.12. The summed E-state index contributed by atoms with van der Waals surface area (Å²) in [4.78, 5) is 7.39. The van der Waals surface area contributed by atoms with Gasteiger partial charge in [-0.15, -0.1) is 0 Å². The van der Waals surface area contributed by atoms with Gasteiger partial charge in [-0.05, 0) is 5.92 Å². The van der Waals surface area contributed by atoms with E-state index in [0.717, 1.165) is 0 Å². The first-order valence-electron chi connectivity index (χ1n) is 3.57. The van der Waals surface area contributed by atoms with E-state index in [0.29, 0.717) is 17.3 Å². The van der Waals surface area contributed by atoms with E-state index < -0.39 is 0 Å². The molecule has 0 aromatic carbocycles. The standard InChI is InChI=1S/C8H11N3/c1-5(2)8-7(9)6(10-3)4-11-8/h4-5,8H,9H2,1-2H3. The summed E-state index contributed by atoms with van der Waals surface area (Å²) in [6, 6.07) is 0.0269. The van der Waals surface area contributed by atoms with E-state index in [1.807, 2.05) is 13.8 Å². The summed E-state index contributed by atoms with van der Waals surface area (Å²) in [6.45, 7) is 10.8. The van der Waals surface area contributed by atoms with Crippen molar-refractivity contribution in [2.75, 3.05) is 0 Å². The Kier molecular flexibility index (Phi) is 1.95. The Morgan fingerprint density at radius 2 is 2.36 bits per heavy atom. The van der Waals surface area contributed by atoms with Gasteiger partial charge in [0.2, 0.25) is 5.70 Å². The van der Waals surface area contributed by atoms with E-state index >= 15 is 0 Å². The van der Waals surface area contributed by atoms with Crippen LogP contribution in [0, 0.1) is 12.5 Å². The van der Waals surface area contributed by atoms with Gasteiger partial charge in [0.1, 0.15) is 0 Å². The molecular weight excluding hydrogens is 138 g/mol. The highest BCUT2D eigenvalue weighted by molar-refractivity contribution is 5.85. The second-order valence-electron chi connectivity index (χ2n) is 2.92. The van der Waals surface area contributed by atoms with Crippen LogP contribution >= 0.6 is 0 Å². The molecule has 1 heterocycles. The van der Waals surface area contributed by atoms with E-state index in [4.69, 9.17) is 12.3 Å². The van der Waals surface area contributed by atoms with E-state index in [2.05, 4.69) is 9.84 Å². The minimum absolute atomic E-state index is 0.0269. The number of hydrogen-bond donors (Lipinski definition) is 1. The molecule has 0 fully saturated rings. The number of allylic oxidation sites excluding steroid dienone is 1. The maximum absolute atomic E-state index is 6.76. The molecule has 1 aliphatic heterocycles. The molecule has 1 rings (SSSR count). The van der Waals surface area contributed by atoms with Gasteiger partial charge in [-0.2, -0.15) is 0 Å². The molecule has 0 amide bonds. The molecule has 58 valence electrons.